The zero-order chi connectivity index (χ0) is 27.3. The van der Waals surface area contributed by atoms with E-state index in [1.54, 1.807) is 31.2 Å². The summed E-state index contributed by atoms with van der Waals surface area (Å²) in [6, 6.07) is 14.2. The number of carbonyl (C=O) groups excluding carboxylic acids is 1. The van der Waals surface area contributed by atoms with Gasteiger partial charge in [0.05, 0.1) is 22.0 Å². The van der Waals surface area contributed by atoms with E-state index in [4.69, 9.17) is 23.2 Å². The third-order valence-electron chi connectivity index (χ3n) is 6.85. The van der Waals surface area contributed by atoms with Crippen LogP contribution in [0.2, 0.25) is 10.0 Å². The van der Waals surface area contributed by atoms with Crippen LogP contribution in [-0.2, 0) is 0 Å². The van der Waals surface area contributed by atoms with Gasteiger partial charge >= 0.3 is 0 Å². The number of hydrogen-bond acceptors (Lipinski definition) is 3. The second-order valence-corrected chi connectivity index (χ2v) is 10.3. The summed E-state index contributed by atoms with van der Waals surface area (Å²) in [5, 5.41) is 0.120. The van der Waals surface area contributed by atoms with Crippen LogP contribution in [0, 0.1) is 18.6 Å². The Morgan fingerprint density at radius 3 is 2.42 bits per heavy atom. The van der Waals surface area contributed by atoms with Gasteiger partial charge in [0.25, 0.3) is 11.5 Å². The largest absolute Gasteiger partial charge is 0.345 e. The molecule has 0 spiro atoms. The van der Waals surface area contributed by atoms with Gasteiger partial charge in [0.1, 0.15) is 16.7 Å². The van der Waals surface area contributed by atoms with Gasteiger partial charge in [-0.15, -0.1) is 0 Å². The molecule has 9 heteroatoms. The van der Waals surface area contributed by atoms with Crippen molar-refractivity contribution in [3.05, 3.63) is 115 Å². The summed E-state index contributed by atoms with van der Waals surface area (Å²) in [5.74, 6) is -1.35. The van der Waals surface area contributed by atoms with E-state index < -0.39 is 17.3 Å². The second-order valence-electron chi connectivity index (χ2n) is 9.56. The lowest BCUT2D eigenvalue weighted by Crippen LogP contribution is -2.23. The average Bonchev–Trinajstić information content (AvgIpc) is 3.68. The average molecular weight is 554 g/mol. The van der Waals surface area contributed by atoms with Crippen LogP contribution >= 0.6 is 23.2 Å². The molecule has 4 aromatic rings. The number of aromatic nitrogens is 2. The SMILES string of the molecule is Cc1cc(C2CC2c2ccc(F)cc2)c(Cl)c(=O)n1-c1ccnc(-c2cccc(C(=O)N(C)C)c2F)c1Cl. The van der Waals surface area contributed by atoms with E-state index in [0.717, 1.165) is 17.5 Å². The number of carbonyl (C=O) groups is 1. The normalized spacial score (nSPS) is 16.4. The van der Waals surface area contributed by atoms with E-state index in [9.17, 15) is 14.0 Å². The Bertz CT molecular complexity index is 1630. The fourth-order valence-corrected chi connectivity index (χ4v) is 5.41. The minimum Gasteiger partial charge on any atom is -0.345 e. The van der Waals surface area contributed by atoms with Crippen LogP contribution in [0.25, 0.3) is 16.9 Å². The first kappa shape index (κ1) is 26.1. The Balaban J connectivity index is 1.55. The van der Waals surface area contributed by atoms with Gasteiger partial charge in [0.2, 0.25) is 0 Å². The van der Waals surface area contributed by atoms with E-state index in [0.29, 0.717) is 11.4 Å². The van der Waals surface area contributed by atoms with Gasteiger partial charge in [-0.3, -0.25) is 19.1 Å². The molecule has 0 saturated heterocycles. The molecule has 2 unspecified atom stereocenters. The van der Waals surface area contributed by atoms with Crippen molar-refractivity contribution in [2.24, 2.45) is 0 Å². The molecule has 0 radical (unpaired) electrons. The molecule has 0 N–H and O–H groups in total. The molecule has 2 heterocycles. The Labute approximate surface area is 228 Å². The summed E-state index contributed by atoms with van der Waals surface area (Å²) in [7, 11) is 3.07. The number of halogens is 4. The Kier molecular flexibility index (Phi) is 6.84. The van der Waals surface area contributed by atoms with Gasteiger partial charge in [-0.2, -0.15) is 0 Å². The molecule has 0 aliphatic heterocycles. The maximum Gasteiger partial charge on any atom is 0.274 e. The monoisotopic (exact) mass is 553 g/mol. The lowest BCUT2D eigenvalue weighted by atomic mass is 10.0. The Hall–Kier alpha value is -3.55. The van der Waals surface area contributed by atoms with Crippen LogP contribution in [0.3, 0.4) is 0 Å². The summed E-state index contributed by atoms with van der Waals surface area (Å²) in [4.78, 5) is 31.5. The highest BCUT2D eigenvalue weighted by molar-refractivity contribution is 6.35. The van der Waals surface area contributed by atoms with Crippen LogP contribution in [0.5, 0.6) is 0 Å². The second kappa shape index (κ2) is 9.97. The lowest BCUT2D eigenvalue weighted by molar-refractivity contribution is 0.0823. The highest BCUT2D eigenvalue weighted by atomic mass is 35.5. The molecule has 1 aliphatic carbocycles. The van der Waals surface area contributed by atoms with Gasteiger partial charge in [0.15, 0.2) is 0 Å². The quantitative estimate of drug-likeness (QED) is 0.274. The van der Waals surface area contributed by atoms with Crippen LogP contribution in [0.4, 0.5) is 8.78 Å². The molecule has 1 amide bonds. The Morgan fingerprint density at radius 1 is 1.03 bits per heavy atom. The first-order chi connectivity index (χ1) is 18.1. The van der Waals surface area contributed by atoms with Gasteiger partial charge in [-0.1, -0.05) is 41.4 Å². The molecule has 194 valence electrons. The highest BCUT2D eigenvalue weighted by Crippen LogP contribution is 2.55. The minimum absolute atomic E-state index is 0.0399. The maximum atomic E-state index is 15.4. The molecule has 1 saturated carbocycles. The molecule has 1 fully saturated rings. The topological polar surface area (TPSA) is 55.2 Å². The van der Waals surface area contributed by atoms with Crippen LogP contribution in [0.15, 0.2) is 65.6 Å². The number of pyridine rings is 2. The molecule has 2 aromatic carbocycles. The van der Waals surface area contributed by atoms with Crippen LogP contribution in [0.1, 0.15) is 45.4 Å². The van der Waals surface area contributed by atoms with Crippen molar-refractivity contribution in [1.29, 1.82) is 0 Å². The molecular weight excluding hydrogens is 531 g/mol. The molecule has 5 rings (SSSR count). The standard InChI is InChI=1S/C29H23Cl2F2N3O2/c1-15-13-22(21-14-20(21)16-7-9-17(32)10-8-16)24(30)29(38)36(15)23-11-12-34-27(25(23)31)18-5-4-6-19(26(18)33)28(37)35(2)3/h4-13,20-21H,14H2,1-3H3. The van der Waals surface area contributed by atoms with E-state index in [1.807, 2.05) is 6.07 Å². The summed E-state index contributed by atoms with van der Waals surface area (Å²) < 4.78 is 30.1. The van der Waals surface area contributed by atoms with Crippen molar-refractivity contribution in [2.45, 2.75) is 25.2 Å². The number of benzene rings is 2. The molecule has 38 heavy (non-hydrogen) atoms. The summed E-state index contributed by atoms with van der Waals surface area (Å²) in [6.07, 6.45) is 2.23. The van der Waals surface area contributed by atoms with E-state index in [1.165, 1.54) is 54.0 Å². The van der Waals surface area contributed by atoms with E-state index >= 15 is 4.39 Å². The predicted octanol–water partition coefficient (Wildman–Crippen LogP) is 6.77. The third kappa shape index (κ3) is 4.50. The summed E-state index contributed by atoms with van der Waals surface area (Å²) in [6.45, 7) is 1.77. The molecule has 2 aromatic heterocycles. The lowest BCUT2D eigenvalue weighted by Gasteiger charge is -2.17. The number of aryl methyl sites for hydroxylation is 1. The maximum absolute atomic E-state index is 15.4. The van der Waals surface area contributed by atoms with Crippen molar-refractivity contribution in [2.75, 3.05) is 14.1 Å². The van der Waals surface area contributed by atoms with Crippen LogP contribution in [-0.4, -0.2) is 34.5 Å². The van der Waals surface area contributed by atoms with Gasteiger partial charge in [-0.25, -0.2) is 8.78 Å². The fourth-order valence-electron chi connectivity index (χ4n) is 4.84. The van der Waals surface area contributed by atoms with Crippen molar-refractivity contribution in [1.82, 2.24) is 14.5 Å². The highest BCUT2D eigenvalue weighted by Gasteiger charge is 2.41. The number of nitrogens with zero attached hydrogens (tertiary/aromatic N) is 3. The fraction of sp³-hybridized carbons (Fsp3) is 0.207. The van der Waals surface area contributed by atoms with E-state index in [-0.39, 0.29) is 44.5 Å². The van der Waals surface area contributed by atoms with Gasteiger partial charge in [0, 0.05) is 31.5 Å². The van der Waals surface area contributed by atoms with Crippen molar-refractivity contribution >= 4 is 29.1 Å². The first-order valence-corrected chi connectivity index (χ1v) is 12.7. The first-order valence-electron chi connectivity index (χ1n) is 11.9. The van der Waals surface area contributed by atoms with Gasteiger partial charge in [-0.05, 0) is 72.7 Å². The van der Waals surface area contributed by atoms with Crippen LogP contribution < -0.4 is 5.56 Å². The summed E-state index contributed by atoms with van der Waals surface area (Å²) >= 11 is 13.3. The third-order valence-corrected chi connectivity index (χ3v) is 7.60. The van der Waals surface area contributed by atoms with Crippen molar-refractivity contribution in [3.8, 4) is 16.9 Å². The van der Waals surface area contributed by atoms with Gasteiger partial charge < -0.3 is 4.90 Å². The smallest absolute Gasteiger partial charge is 0.274 e. The number of hydrogen-bond donors (Lipinski definition) is 0. The zero-order valence-corrected chi connectivity index (χ0v) is 22.3. The summed E-state index contributed by atoms with van der Waals surface area (Å²) in [5.41, 5.74) is 2.18. The van der Waals surface area contributed by atoms with Crippen molar-refractivity contribution < 1.29 is 13.6 Å². The Morgan fingerprint density at radius 2 is 1.74 bits per heavy atom. The molecule has 5 nitrogen and oxygen atoms in total. The number of rotatable bonds is 5. The minimum atomic E-state index is -0.754. The molecule has 0 bridgehead atoms. The molecular formula is C29H23Cl2F2N3O2. The molecule has 1 aliphatic rings. The van der Waals surface area contributed by atoms with Crippen molar-refractivity contribution in [3.63, 3.8) is 0 Å². The molecule has 2 atom stereocenters. The predicted molar refractivity (Wildman–Crippen MR) is 145 cm³/mol. The van der Waals surface area contributed by atoms with E-state index in [2.05, 4.69) is 4.98 Å². The zero-order valence-electron chi connectivity index (χ0n) is 20.8. The number of amides is 1.